The van der Waals surface area contributed by atoms with Crippen molar-refractivity contribution in [2.75, 3.05) is 26.2 Å². The number of fused-ring (bicyclic) bond motifs is 3. The number of rotatable bonds is 6. The van der Waals surface area contributed by atoms with Crippen molar-refractivity contribution >= 4 is 17.5 Å². The molecule has 1 saturated heterocycles. The molecule has 2 aromatic rings. The van der Waals surface area contributed by atoms with Crippen molar-refractivity contribution in [2.45, 2.75) is 52.4 Å². The summed E-state index contributed by atoms with van der Waals surface area (Å²) < 4.78 is 1.82. The zero-order valence-corrected chi connectivity index (χ0v) is 19.9. The smallest absolute Gasteiger partial charge is 0.268 e. The molecule has 3 atom stereocenters. The van der Waals surface area contributed by atoms with Crippen molar-refractivity contribution in [2.24, 2.45) is 34.8 Å². The number of hydrogen-bond donors (Lipinski definition) is 2. The minimum atomic E-state index is -0.0704. The van der Waals surface area contributed by atoms with Crippen LogP contribution in [0.5, 0.6) is 0 Å². The fourth-order valence-corrected chi connectivity index (χ4v) is 6.54. The van der Waals surface area contributed by atoms with E-state index in [2.05, 4.69) is 24.1 Å². The molecule has 0 aromatic carbocycles. The van der Waals surface area contributed by atoms with E-state index >= 15 is 0 Å². The van der Waals surface area contributed by atoms with Gasteiger partial charge in [-0.1, -0.05) is 19.9 Å². The summed E-state index contributed by atoms with van der Waals surface area (Å²) in [6.07, 6.45) is 7.84. The zero-order valence-electron chi connectivity index (χ0n) is 19.9. The van der Waals surface area contributed by atoms with E-state index in [1.807, 2.05) is 33.7 Å². The molecule has 2 aromatic heterocycles. The lowest BCUT2D eigenvalue weighted by atomic mass is 9.45. The van der Waals surface area contributed by atoms with Crippen molar-refractivity contribution in [3.8, 4) is 0 Å². The van der Waals surface area contributed by atoms with Crippen molar-refractivity contribution in [3.63, 3.8) is 0 Å². The molecule has 7 heteroatoms. The summed E-state index contributed by atoms with van der Waals surface area (Å²) in [7, 11) is 0. The molecule has 3 heterocycles. The second-order valence-electron chi connectivity index (χ2n) is 11.0. The quantitative estimate of drug-likeness (QED) is 0.706. The van der Waals surface area contributed by atoms with Gasteiger partial charge in [0.2, 0.25) is 5.91 Å². The summed E-state index contributed by atoms with van der Waals surface area (Å²) in [6, 6.07) is 5.58. The minimum absolute atomic E-state index is 0.0704. The standard InChI is InChI=1S/C26H37N5O2/c1-26(2)19-7-6-18(21(26)12-19)15-28-25(33)22-4-3-5-23-29-20(16-31(22)23)13-24(32)30-10-8-17(14-27)9-11-30/h3-5,16-19,21H,6-15,27H2,1-2H3,(H,28,33)/t18?,19-,21?/m1/s1. The lowest BCUT2D eigenvalue weighted by Crippen LogP contribution is -2.54. The maximum Gasteiger partial charge on any atom is 0.268 e. The van der Waals surface area contributed by atoms with Crippen LogP contribution in [0.3, 0.4) is 0 Å². The number of carbonyl (C=O) groups is 2. The van der Waals surface area contributed by atoms with Gasteiger partial charge in [-0.05, 0) is 79.9 Å². The number of amides is 2. The molecule has 4 fully saturated rings. The van der Waals surface area contributed by atoms with Crippen LogP contribution in [0.25, 0.3) is 5.65 Å². The Kier molecular flexibility index (Phi) is 5.93. The molecule has 2 bridgehead atoms. The average Bonchev–Trinajstić information content (AvgIpc) is 3.24. The normalized spacial score (nSPS) is 26.8. The molecule has 2 amide bonds. The van der Waals surface area contributed by atoms with Gasteiger partial charge < -0.3 is 16.0 Å². The third-order valence-electron chi connectivity index (χ3n) is 8.93. The van der Waals surface area contributed by atoms with Gasteiger partial charge in [-0.25, -0.2) is 4.98 Å². The third kappa shape index (κ3) is 4.16. The number of nitrogens with two attached hydrogens (primary N) is 1. The second-order valence-corrected chi connectivity index (χ2v) is 11.0. The van der Waals surface area contributed by atoms with Crippen LogP contribution >= 0.6 is 0 Å². The van der Waals surface area contributed by atoms with Gasteiger partial charge in [0.05, 0.1) is 12.1 Å². The van der Waals surface area contributed by atoms with Gasteiger partial charge in [0.1, 0.15) is 11.3 Å². The van der Waals surface area contributed by atoms with Crippen LogP contribution in [0.15, 0.2) is 24.4 Å². The highest BCUT2D eigenvalue weighted by molar-refractivity contribution is 5.93. The Hall–Kier alpha value is -2.41. The fourth-order valence-electron chi connectivity index (χ4n) is 6.54. The first-order valence-corrected chi connectivity index (χ1v) is 12.6. The molecule has 6 rings (SSSR count). The number of nitrogens with one attached hydrogen (secondary N) is 1. The highest BCUT2D eigenvalue weighted by Gasteiger charge is 2.53. The molecule has 0 spiro atoms. The first-order valence-electron chi connectivity index (χ1n) is 12.6. The molecule has 3 saturated carbocycles. The Bertz CT molecular complexity index is 1030. The topological polar surface area (TPSA) is 92.7 Å². The van der Waals surface area contributed by atoms with Crippen LogP contribution in [-0.4, -0.2) is 52.3 Å². The molecule has 33 heavy (non-hydrogen) atoms. The highest BCUT2D eigenvalue weighted by Crippen LogP contribution is 2.61. The number of pyridine rings is 1. The molecule has 3 N–H and O–H groups in total. The minimum Gasteiger partial charge on any atom is -0.350 e. The van der Waals surface area contributed by atoms with Gasteiger partial charge in [0.25, 0.3) is 5.91 Å². The third-order valence-corrected chi connectivity index (χ3v) is 8.93. The lowest BCUT2D eigenvalue weighted by molar-refractivity contribution is -0.131. The Labute approximate surface area is 196 Å². The van der Waals surface area contributed by atoms with E-state index < -0.39 is 0 Å². The molecular formula is C26H37N5O2. The van der Waals surface area contributed by atoms with Gasteiger partial charge in [0.15, 0.2) is 0 Å². The maximum atomic E-state index is 13.1. The van der Waals surface area contributed by atoms with E-state index in [4.69, 9.17) is 5.73 Å². The Morgan fingerprint density at radius 2 is 1.97 bits per heavy atom. The van der Waals surface area contributed by atoms with E-state index in [1.54, 1.807) is 0 Å². The fraction of sp³-hybridized carbons (Fsp3) is 0.654. The van der Waals surface area contributed by atoms with Crippen LogP contribution in [0.4, 0.5) is 0 Å². The Morgan fingerprint density at radius 1 is 1.18 bits per heavy atom. The predicted molar refractivity (Wildman–Crippen MR) is 128 cm³/mol. The molecule has 0 radical (unpaired) electrons. The number of nitrogens with zero attached hydrogens (tertiary/aromatic N) is 3. The Morgan fingerprint density at radius 3 is 2.67 bits per heavy atom. The van der Waals surface area contributed by atoms with Crippen LogP contribution < -0.4 is 11.1 Å². The van der Waals surface area contributed by atoms with E-state index in [-0.39, 0.29) is 18.2 Å². The van der Waals surface area contributed by atoms with Crippen LogP contribution in [0, 0.1) is 29.1 Å². The van der Waals surface area contributed by atoms with E-state index in [1.165, 1.54) is 19.3 Å². The molecule has 4 aliphatic rings. The number of piperidine rings is 1. The summed E-state index contributed by atoms with van der Waals surface area (Å²) in [5.41, 5.74) is 8.16. The second kappa shape index (κ2) is 8.75. The van der Waals surface area contributed by atoms with E-state index in [0.29, 0.717) is 46.7 Å². The van der Waals surface area contributed by atoms with E-state index in [0.717, 1.165) is 38.4 Å². The van der Waals surface area contributed by atoms with Crippen LogP contribution in [-0.2, 0) is 11.2 Å². The molecular weight excluding hydrogens is 414 g/mol. The summed E-state index contributed by atoms with van der Waals surface area (Å²) in [5.74, 6) is 2.69. The van der Waals surface area contributed by atoms with Crippen molar-refractivity contribution in [3.05, 3.63) is 35.8 Å². The van der Waals surface area contributed by atoms with Crippen molar-refractivity contribution < 1.29 is 9.59 Å². The monoisotopic (exact) mass is 451 g/mol. The Balaban J connectivity index is 1.23. The number of aromatic nitrogens is 2. The molecule has 178 valence electrons. The summed E-state index contributed by atoms with van der Waals surface area (Å²) in [5, 5.41) is 3.19. The average molecular weight is 452 g/mol. The van der Waals surface area contributed by atoms with Crippen LogP contribution in [0.1, 0.15) is 62.1 Å². The predicted octanol–water partition coefficient (Wildman–Crippen LogP) is 2.88. The highest BCUT2D eigenvalue weighted by atomic mass is 16.2. The molecule has 2 unspecified atom stereocenters. The number of likely N-dealkylation sites (tertiary alicyclic amines) is 1. The zero-order chi connectivity index (χ0) is 23.2. The lowest BCUT2D eigenvalue weighted by Gasteiger charge is -2.60. The number of hydrogen-bond acceptors (Lipinski definition) is 4. The summed E-state index contributed by atoms with van der Waals surface area (Å²) in [4.78, 5) is 32.4. The molecule has 7 nitrogen and oxygen atoms in total. The summed E-state index contributed by atoms with van der Waals surface area (Å²) >= 11 is 0. The van der Waals surface area contributed by atoms with Gasteiger partial charge in [0, 0.05) is 25.8 Å². The summed E-state index contributed by atoms with van der Waals surface area (Å²) in [6.45, 7) is 7.72. The largest absolute Gasteiger partial charge is 0.350 e. The molecule has 1 aliphatic heterocycles. The first-order chi connectivity index (χ1) is 15.9. The van der Waals surface area contributed by atoms with E-state index in [9.17, 15) is 9.59 Å². The number of carbonyl (C=O) groups excluding carboxylic acids is 2. The van der Waals surface area contributed by atoms with Gasteiger partial charge >= 0.3 is 0 Å². The molecule has 3 aliphatic carbocycles. The van der Waals surface area contributed by atoms with Crippen molar-refractivity contribution in [1.29, 1.82) is 0 Å². The first kappa shape index (κ1) is 22.4. The van der Waals surface area contributed by atoms with Crippen LogP contribution in [0.2, 0.25) is 0 Å². The van der Waals surface area contributed by atoms with Crippen molar-refractivity contribution in [1.82, 2.24) is 19.6 Å². The maximum absolute atomic E-state index is 13.1. The van der Waals surface area contributed by atoms with Gasteiger partial charge in [-0.15, -0.1) is 0 Å². The van der Waals surface area contributed by atoms with Gasteiger partial charge in [-0.2, -0.15) is 0 Å². The SMILES string of the molecule is CC1(C)C2C[C@H]1CCC2CNC(=O)c1cccc2nc(CC(=O)N3CCC(CN)CC3)cn12. The number of imidazole rings is 1. The van der Waals surface area contributed by atoms with Gasteiger partial charge in [-0.3, -0.25) is 14.0 Å².